The number of nitrogens with zero attached hydrogens (tertiary/aromatic N) is 3. The van der Waals surface area contributed by atoms with Crippen LogP contribution in [0.5, 0.6) is 0 Å². The molecule has 0 bridgehead atoms. The van der Waals surface area contributed by atoms with Gasteiger partial charge >= 0.3 is 5.97 Å². The number of piperazine rings is 1. The van der Waals surface area contributed by atoms with Gasteiger partial charge in [-0.1, -0.05) is 37.8 Å². The summed E-state index contributed by atoms with van der Waals surface area (Å²) in [5, 5.41) is 3.70. The molecule has 5 rings (SSSR count). The van der Waals surface area contributed by atoms with Gasteiger partial charge in [0.05, 0.1) is 17.4 Å². The number of ether oxygens (including phenoxy) is 1. The number of esters is 1. The number of rotatable bonds is 8. The minimum atomic E-state index is -0.418. The number of carbonyl (C=O) groups is 2. The first-order valence-electron chi connectivity index (χ1n) is 14.1. The molecule has 1 aliphatic heterocycles. The summed E-state index contributed by atoms with van der Waals surface area (Å²) in [6, 6.07) is 16.3. The van der Waals surface area contributed by atoms with Gasteiger partial charge < -0.3 is 24.8 Å². The first-order chi connectivity index (χ1) is 19.8. The lowest BCUT2D eigenvalue weighted by atomic mass is 9.96. The largest absolute Gasteiger partial charge is 0.459 e. The van der Waals surface area contributed by atoms with Crippen molar-refractivity contribution in [1.29, 1.82) is 0 Å². The number of H-pyrrole nitrogens is 1. The molecule has 0 unspecified atom stereocenters. The molecule has 1 saturated heterocycles. The van der Waals surface area contributed by atoms with E-state index in [9.17, 15) is 9.59 Å². The molecule has 0 spiro atoms. The third-order valence-electron chi connectivity index (χ3n) is 7.54. The van der Waals surface area contributed by atoms with Crippen molar-refractivity contribution in [3.63, 3.8) is 0 Å². The highest BCUT2D eigenvalue weighted by Crippen LogP contribution is 2.40. The molecule has 0 aliphatic carbocycles. The van der Waals surface area contributed by atoms with Crippen LogP contribution < -0.4 is 10.2 Å². The lowest BCUT2D eigenvalue weighted by Crippen LogP contribution is -2.46. The Morgan fingerprint density at radius 3 is 2.44 bits per heavy atom. The lowest BCUT2D eigenvalue weighted by molar-refractivity contribution is -0.111. The van der Waals surface area contributed by atoms with Gasteiger partial charge in [0.15, 0.2) is 0 Å². The number of likely N-dealkylation sites (N-methyl/N-ethyl adjacent to an activating group) is 1. The lowest BCUT2D eigenvalue weighted by Gasteiger charge is -2.35. The molecular weight excluding hydrogens is 514 g/mol. The monoisotopic (exact) mass is 551 g/mol. The first-order valence-corrected chi connectivity index (χ1v) is 14.1. The number of pyridine rings is 1. The number of fused-ring (bicyclic) bond motifs is 1. The maximum atomic E-state index is 12.8. The van der Waals surface area contributed by atoms with Gasteiger partial charge in [-0.25, -0.2) is 9.78 Å². The van der Waals surface area contributed by atoms with E-state index in [4.69, 9.17) is 4.74 Å². The summed E-state index contributed by atoms with van der Waals surface area (Å²) >= 11 is 0. The number of aryl methyl sites for hydroxylation is 1. The van der Waals surface area contributed by atoms with E-state index < -0.39 is 5.97 Å². The Morgan fingerprint density at radius 2 is 1.78 bits per heavy atom. The SMILES string of the molecule is C=CC(=O)Nc1cc(-c2c(-c3ccc(N4CCN(CC)CC4)cc3)[nH]c3ncc(C(=O)OC(C)C)cc23)ccc1C. The van der Waals surface area contributed by atoms with Crippen molar-refractivity contribution in [2.24, 2.45) is 0 Å². The summed E-state index contributed by atoms with van der Waals surface area (Å²) in [6.45, 7) is 16.6. The van der Waals surface area contributed by atoms with Gasteiger partial charge in [-0.3, -0.25) is 4.79 Å². The second-order valence-electron chi connectivity index (χ2n) is 10.6. The predicted octanol–water partition coefficient (Wildman–Crippen LogP) is 6.04. The number of aromatic amines is 1. The number of amides is 1. The highest BCUT2D eigenvalue weighted by molar-refractivity contribution is 6.06. The zero-order chi connectivity index (χ0) is 29.1. The predicted molar refractivity (Wildman–Crippen MR) is 165 cm³/mol. The van der Waals surface area contributed by atoms with Crippen LogP contribution in [0.3, 0.4) is 0 Å². The fraction of sp³-hybridized carbons (Fsp3) is 0.303. The number of hydrogen-bond donors (Lipinski definition) is 2. The van der Waals surface area contributed by atoms with Crippen molar-refractivity contribution in [2.45, 2.75) is 33.8 Å². The minimum Gasteiger partial charge on any atom is -0.459 e. The van der Waals surface area contributed by atoms with E-state index in [0.29, 0.717) is 16.9 Å². The third-order valence-corrected chi connectivity index (χ3v) is 7.54. The van der Waals surface area contributed by atoms with E-state index in [1.54, 1.807) is 6.20 Å². The number of carbonyl (C=O) groups excluding carboxylic acids is 2. The normalized spacial score (nSPS) is 13.9. The molecule has 1 aliphatic rings. The topological polar surface area (TPSA) is 90.6 Å². The van der Waals surface area contributed by atoms with Crippen LogP contribution in [0, 0.1) is 6.92 Å². The van der Waals surface area contributed by atoms with Gasteiger partial charge in [0.2, 0.25) is 5.91 Å². The Morgan fingerprint density at radius 1 is 1.07 bits per heavy atom. The van der Waals surface area contributed by atoms with Crippen molar-refractivity contribution in [3.05, 3.63) is 78.5 Å². The molecule has 2 N–H and O–H groups in total. The Labute approximate surface area is 241 Å². The highest BCUT2D eigenvalue weighted by atomic mass is 16.5. The zero-order valence-corrected chi connectivity index (χ0v) is 24.2. The Kier molecular flexibility index (Phi) is 8.21. The van der Waals surface area contributed by atoms with Gasteiger partial charge in [0, 0.05) is 54.7 Å². The quantitative estimate of drug-likeness (QED) is 0.205. The molecule has 0 atom stereocenters. The van der Waals surface area contributed by atoms with E-state index in [-0.39, 0.29) is 12.0 Å². The Bertz CT molecular complexity index is 1580. The molecule has 4 aromatic rings. The van der Waals surface area contributed by atoms with Crippen LogP contribution in [0.2, 0.25) is 0 Å². The summed E-state index contributed by atoms with van der Waals surface area (Å²) in [6.07, 6.45) is 2.56. The van der Waals surface area contributed by atoms with Crippen molar-refractivity contribution in [1.82, 2.24) is 14.9 Å². The van der Waals surface area contributed by atoms with Crippen molar-refractivity contribution < 1.29 is 14.3 Å². The number of aromatic nitrogens is 2. The molecule has 1 amide bonds. The van der Waals surface area contributed by atoms with E-state index >= 15 is 0 Å². The van der Waals surface area contributed by atoms with Crippen LogP contribution in [0.1, 0.15) is 36.7 Å². The summed E-state index contributed by atoms with van der Waals surface area (Å²) < 4.78 is 5.44. The standard InChI is InChI=1S/C33H37N5O3/c1-6-29(39)35-28-19-24(9-8-22(28)5)30-27-18-25(33(40)41-21(3)4)20-34-32(27)36-31(30)23-10-12-26(13-11-23)38-16-14-37(7-2)15-17-38/h6,8-13,18-21H,1,7,14-17H2,2-5H3,(H,34,36)(H,35,39). The summed E-state index contributed by atoms with van der Waals surface area (Å²) in [5.41, 5.74) is 7.52. The summed E-state index contributed by atoms with van der Waals surface area (Å²) in [4.78, 5) is 37.9. The molecule has 3 heterocycles. The molecule has 8 heteroatoms. The molecular formula is C33H37N5O3. The van der Waals surface area contributed by atoms with Gasteiger partial charge in [0.1, 0.15) is 5.65 Å². The summed E-state index contributed by atoms with van der Waals surface area (Å²) in [5.74, 6) is -0.696. The minimum absolute atomic E-state index is 0.240. The van der Waals surface area contributed by atoms with Gasteiger partial charge in [-0.05, 0) is 74.3 Å². The Hall–Kier alpha value is -4.43. The molecule has 1 fully saturated rings. The van der Waals surface area contributed by atoms with Crippen molar-refractivity contribution in [2.75, 3.05) is 42.9 Å². The highest BCUT2D eigenvalue weighted by Gasteiger charge is 2.21. The van der Waals surface area contributed by atoms with E-state index in [1.165, 1.54) is 11.8 Å². The number of hydrogen-bond acceptors (Lipinski definition) is 6. The molecule has 0 radical (unpaired) electrons. The van der Waals surface area contributed by atoms with Crippen LogP contribution in [0.25, 0.3) is 33.4 Å². The molecule has 8 nitrogen and oxygen atoms in total. The average molecular weight is 552 g/mol. The number of anilines is 2. The molecule has 41 heavy (non-hydrogen) atoms. The van der Waals surface area contributed by atoms with E-state index in [0.717, 1.165) is 66.1 Å². The number of nitrogens with one attached hydrogen (secondary N) is 2. The third kappa shape index (κ3) is 6.02. The summed E-state index contributed by atoms with van der Waals surface area (Å²) in [7, 11) is 0. The van der Waals surface area contributed by atoms with Crippen LogP contribution in [0.4, 0.5) is 11.4 Å². The Balaban J connectivity index is 1.60. The molecule has 212 valence electrons. The first kappa shape index (κ1) is 28.1. The molecule has 2 aromatic carbocycles. The van der Waals surface area contributed by atoms with Crippen molar-refractivity contribution >= 4 is 34.3 Å². The van der Waals surface area contributed by atoms with Gasteiger partial charge in [-0.15, -0.1) is 0 Å². The second kappa shape index (κ2) is 12.0. The maximum absolute atomic E-state index is 12.8. The smallest absolute Gasteiger partial charge is 0.339 e. The van der Waals surface area contributed by atoms with Crippen LogP contribution in [0.15, 0.2) is 67.4 Å². The van der Waals surface area contributed by atoms with Crippen LogP contribution in [-0.4, -0.2) is 65.6 Å². The maximum Gasteiger partial charge on any atom is 0.339 e. The second-order valence-corrected chi connectivity index (χ2v) is 10.6. The van der Waals surface area contributed by atoms with Crippen molar-refractivity contribution in [3.8, 4) is 22.4 Å². The fourth-order valence-corrected chi connectivity index (χ4v) is 5.24. The van der Waals surface area contributed by atoms with Gasteiger partial charge in [0.25, 0.3) is 0 Å². The van der Waals surface area contributed by atoms with E-state index in [2.05, 4.69) is 62.9 Å². The molecule has 2 aromatic heterocycles. The fourth-order valence-electron chi connectivity index (χ4n) is 5.24. The zero-order valence-electron chi connectivity index (χ0n) is 24.2. The van der Waals surface area contributed by atoms with E-state index in [1.807, 2.05) is 45.0 Å². The number of benzene rings is 2. The average Bonchev–Trinajstić information content (AvgIpc) is 3.37. The van der Waals surface area contributed by atoms with Gasteiger partial charge in [-0.2, -0.15) is 0 Å². The van der Waals surface area contributed by atoms with Crippen LogP contribution >= 0.6 is 0 Å². The van der Waals surface area contributed by atoms with Crippen LogP contribution in [-0.2, 0) is 9.53 Å². The molecule has 0 saturated carbocycles.